The zero-order valence-electron chi connectivity index (χ0n) is 17.9. The average Bonchev–Trinajstić information content (AvgIpc) is 3.31. The molecule has 11 heteroatoms. The van der Waals surface area contributed by atoms with E-state index in [9.17, 15) is 13.6 Å². The van der Waals surface area contributed by atoms with E-state index in [1.807, 2.05) is 0 Å². The van der Waals surface area contributed by atoms with E-state index in [4.69, 9.17) is 9.15 Å². The molecule has 176 valence electrons. The Morgan fingerprint density at radius 2 is 1.91 bits per heavy atom. The first-order valence-electron chi connectivity index (χ1n) is 9.92. The number of methoxy groups -OCH3 is 1. The largest absolute Gasteiger partial charge is 0.493 e. The van der Waals surface area contributed by atoms with Crippen LogP contribution in [0.15, 0.2) is 46.0 Å². The molecule has 1 aromatic heterocycles. The second kappa shape index (κ2) is 12.5. The summed E-state index contributed by atoms with van der Waals surface area (Å²) in [5.74, 6) is 1.22. The second-order valence-electron chi connectivity index (χ2n) is 6.84. The number of rotatable bonds is 7. The number of aliphatic imine (C=N–C) groups is 1. The van der Waals surface area contributed by atoms with Crippen molar-refractivity contribution in [1.29, 1.82) is 0 Å². The van der Waals surface area contributed by atoms with Crippen molar-refractivity contribution in [3.63, 3.8) is 0 Å². The molecule has 0 unspecified atom stereocenters. The minimum absolute atomic E-state index is 0. The minimum Gasteiger partial charge on any atom is -0.493 e. The summed E-state index contributed by atoms with van der Waals surface area (Å²) in [7, 11) is 3.10. The van der Waals surface area contributed by atoms with Gasteiger partial charge in [0.2, 0.25) is 0 Å². The van der Waals surface area contributed by atoms with Crippen molar-refractivity contribution in [3.05, 3.63) is 47.9 Å². The normalized spacial score (nSPS) is 14.2. The van der Waals surface area contributed by atoms with Gasteiger partial charge in [0.25, 0.3) is 5.91 Å². The fourth-order valence-corrected chi connectivity index (χ4v) is 3.39. The first kappa shape index (κ1) is 25.7. The zero-order valence-corrected chi connectivity index (χ0v) is 20.3. The molecule has 1 amide bonds. The van der Waals surface area contributed by atoms with E-state index in [1.165, 1.54) is 13.4 Å². The highest BCUT2D eigenvalue weighted by molar-refractivity contribution is 14.0. The number of piperazine rings is 1. The maximum Gasteiger partial charge on any atom is 0.387 e. The fourth-order valence-electron chi connectivity index (χ4n) is 3.39. The van der Waals surface area contributed by atoms with Gasteiger partial charge in [0.15, 0.2) is 23.2 Å². The van der Waals surface area contributed by atoms with E-state index in [0.717, 1.165) is 11.5 Å². The molecule has 0 bridgehead atoms. The van der Waals surface area contributed by atoms with Crippen LogP contribution < -0.4 is 14.8 Å². The van der Waals surface area contributed by atoms with Crippen molar-refractivity contribution >= 4 is 35.8 Å². The number of hydrogen-bond donors (Lipinski definition) is 1. The summed E-state index contributed by atoms with van der Waals surface area (Å²) in [6, 6.07) is 8.32. The van der Waals surface area contributed by atoms with Crippen LogP contribution in [0, 0.1) is 0 Å². The minimum atomic E-state index is -2.92. The molecule has 32 heavy (non-hydrogen) atoms. The van der Waals surface area contributed by atoms with E-state index in [-0.39, 0.29) is 41.4 Å². The Kier molecular flexibility index (Phi) is 10.0. The fraction of sp³-hybridized carbons (Fsp3) is 0.429. The van der Waals surface area contributed by atoms with Gasteiger partial charge in [0, 0.05) is 39.8 Å². The number of nitrogens with one attached hydrogen (secondary N) is 1. The molecule has 0 spiro atoms. The maximum absolute atomic E-state index is 12.6. The number of carbonyl (C=O) groups is 1. The van der Waals surface area contributed by atoms with Crippen LogP contribution >= 0.6 is 24.0 Å². The third-order valence-electron chi connectivity index (χ3n) is 4.95. The Hall–Kier alpha value is -2.57. The molecule has 1 aliphatic heterocycles. The average molecular weight is 564 g/mol. The van der Waals surface area contributed by atoms with Gasteiger partial charge in [-0.15, -0.1) is 24.0 Å². The number of alkyl halides is 2. The lowest BCUT2D eigenvalue weighted by Crippen LogP contribution is -2.54. The van der Waals surface area contributed by atoms with Gasteiger partial charge in [0.1, 0.15) is 0 Å². The van der Waals surface area contributed by atoms with Crippen LogP contribution in [0.2, 0.25) is 0 Å². The Labute approximate surface area is 202 Å². The van der Waals surface area contributed by atoms with Crippen molar-refractivity contribution in [3.8, 4) is 11.5 Å². The molecule has 1 aromatic carbocycles. The number of ether oxygens (including phenoxy) is 2. The Morgan fingerprint density at radius 3 is 2.50 bits per heavy atom. The molecule has 0 radical (unpaired) electrons. The van der Waals surface area contributed by atoms with Crippen molar-refractivity contribution < 1.29 is 27.5 Å². The van der Waals surface area contributed by atoms with Crippen molar-refractivity contribution in [1.82, 2.24) is 15.1 Å². The highest BCUT2D eigenvalue weighted by atomic mass is 127. The Bertz CT molecular complexity index is 888. The van der Waals surface area contributed by atoms with E-state index in [2.05, 4.69) is 19.9 Å². The number of nitrogens with zero attached hydrogens (tertiary/aromatic N) is 3. The van der Waals surface area contributed by atoms with Crippen LogP contribution in [-0.4, -0.2) is 75.2 Å². The Balaban J connectivity index is 0.00000363. The quantitative estimate of drug-likeness (QED) is 0.317. The summed E-state index contributed by atoms with van der Waals surface area (Å²) in [5, 5.41) is 3.28. The maximum atomic E-state index is 12.6. The SMILES string of the molecule is CN=C(NCCc1ccc(OC)c(OC(F)F)c1)N1CCN(C(=O)c2ccco2)CC1.I. The predicted molar refractivity (Wildman–Crippen MR) is 126 cm³/mol. The molecule has 1 aliphatic rings. The molecule has 1 saturated heterocycles. The molecule has 0 aliphatic carbocycles. The monoisotopic (exact) mass is 564 g/mol. The van der Waals surface area contributed by atoms with Crippen LogP contribution in [0.3, 0.4) is 0 Å². The molecule has 0 atom stereocenters. The summed E-state index contributed by atoms with van der Waals surface area (Å²) in [5.41, 5.74) is 0.827. The van der Waals surface area contributed by atoms with Crippen molar-refractivity contribution in [2.24, 2.45) is 4.99 Å². The highest BCUT2D eigenvalue weighted by Crippen LogP contribution is 2.29. The lowest BCUT2D eigenvalue weighted by Gasteiger charge is -2.36. The lowest BCUT2D eigenvalue weighted by atomic mass is 10.1. The van der Waals surface area contributed by atoms with E-state index in [0.29, 0.717) is 44.9 Å². The molecule has 0 saturated carbocycles. The number of hydrogen-bond acceptors (Lipinski definition) is 5. The smallest absolute Gasteiger partial charge is 0.387 e. The molecular weight excluding hydrogens is 537 g/mol. The van der Waals surface area contributed by atoms with Crippen LogP contribution in [0.5, 0.6) is 11.5 Å². The number of halogens is 3. The molecule has 8 nitrogen and oxygen atoms in total. The van der Waals surface area contributed by atoms with Crippen LogP contribution in [0.4, 0.5) is 8.78 Å². The van der Waals surface area contributed by atoms with Crippen molar-refractivity contribution in [2.75, 3.05) is 46.9 Å². The first-order chi connectivity index (χ1) is 15.0. The van der Waals surface area contributed by atoms with Crippen LogP contribution in [0.1, 0.15) is 16.1 Å². The molecular formula is C21H27F2IN4O4. The summed E-state index contributed by atoms with van der Waals surface area (Å²) >= 11 is 0. The van der Waals surface area contributed by atoms with E-state index >= 15 is 0 Å². The van der Waals surface area contributed by atoms with Gasteiger partial charge in [-0.1, -0.05) is 6.07 Å². The van der Waals surface area contributed by atoms with Gasteiger partial charge in [-0.25, -0.2) is 0 Å². The van der Waals surface area contributed by atoms with Crippen LogP contribution in [-0.2, 0) is 6.42 Å². The van der Waals surface area contributed by atoms with E-state index < -0.39 is 6.61 Å². The van der Waals surface area contributed by atoms with Gasteiger partial charge in [0.05, 0.1) is 13.4 Å². The van der Waals surface area contributed by atoms with Gasteiger partial charge < -0.3 is 29.0 Å². The van der Waals surface area contributed by atoms with Gasteiger partial charge >= 0.3 is 6.61 Å². The summed E-state index contributed by atoms with van der Waals surface area (Å²) < 4.78 is 40.0. The third kappa shape index (κ3) is 6.71. The summed E-state index contributed by atoms with van der Waals surface area (Å²) in [6.45, 7) is 0.0419. The first-order valence-corrected chi connectivity index (χ1v) is 9.92. The van der Waals surface area contributed by atoms with Gasteiger partial charge in [-0.3, -0.25) is 9.79 Å². The van der Waals surface area contributed by atoms with E-state index in [1.54, 1.807) is 42.3 Å². The number of amides is 1. The number of carbonyl (C=O) groups excluding carboxylic acids is 1. The number of guanidine groups is 1. The van der Waals surface area contributed by atoms with Crippen molar-refractivity contribution in [2.45, 2.75) is 13.0 Å². The number of benzene rings is 1. The Morgan fingerprint density at radius 1 is 1.19 bits per heavy atom. The highest BCUT2D eigenvalue weighted by Gasteiger charge is 2.25. The summed E-state index contributed by atoms with van der Waals surface area (Å²) in [6.07, 6.45) is 2.07. The lowest BCUT2D eigenvalue weighted by molar-refractivity contribution is -0.0512. The topological polar surface area (TPSA) is 79.5 Å². The molecule has 3 rings (SSSR count). The molecule has 1 fully saturated rings. The molecule has 1 N–H and O–H groups in total. The third-order valence-corrected chi connectivity index (χ3v) is 4.95. The van der Waals surface area contributed by atoms with Gasteiger partial charge in [-0.05, 0) is 36.2 Å². The standard InChI is InChI=1S/C21H26F2N4O4.HI/c1-24-21(27-11-9-26(10-12-27)19(28)17-4-3-13-30-17)25-8-7-15-5-6-16(29-2)18(14-15)31-20(22)23;/h3-6,13-14,20H,7-12H2,1-2H3,(H,24,25);1H. The number of furan rings is 1. The van der Waals surface area contributed by atoms with Crippen LogP contribution in [0.25, 0.3) is 0 Å². The predicted octanol–water partition coefficient (Wildman–Crippen LogP) is 3.08. The zero-order chi connectivity index (χ0) is 22.2. The summed E-state index contributed by atoms with van der Waals surface area (Å²) in [4.78, 5) is 20.5. The molecule has 2 aromatic rings. The van der Waals surface area contributed by atoms with Gasteiger partial charge in [-0.2, -0.15) is 8.78 Å². The molecule has 2 heterocycles. The second-order valence-corrected chi connectivity index (χ2v) is 6.84.